The van der Waals surface area contributed by atoms with Crippen molar-refractivity contribution in [3.05, 3.63) is 18.0 Å². The van der Waals surface area contributed by atoms with Crippen LogP contribution in [0.25, 0.3) is 0 Å². The molecule has 0 bridgehead atoms. The fourth-order valence-corrected chi connectivity index (χ4v) is 3.26. The summed E-state index contributed by atoms with van der Waals surface area (Å²) in [7, 11) is 0. The minimum atomic E-state index is 0.682. The molecule has 17 heavy (non-hydrogen) atoms. The van der Waals surface area contributed by atoms with E-state index in [9.17, 15) is 0 Å². The van der Waals surface area contributed by atoms with Gasteiger partial charge in [-0.2, -0.15) is 0 Å². The second kappa shape index (κ2) is 4.78. The van der Waals surface area contributed by atoms with Crippen LogP contribution in [0.5, 0.6) is 0 Å². The normalized spacial score (nSPS) is 30.6. The van der Waals surface area contributed by atoms with Gasteiger partial charge < -0.3 is 4.52 Å². The second-order valence-electron chi connectivity index (χ2n) is 5.27. The van der Waals surface area contributed by atoms with Gasteiger partial charge in [-0.15, -0.1) is 0 Å². The van der Waals surface area contributed by atoms with Gasteiger partial charge in [0.1, 0.15) is 6.26 Å². The van der Waals surface area contributed by atoms with Crippen molar-refractivity contribution in [3.63, 3.8) is 0 Å². The van der Waals surface area contributed by atoms with Gasteiger partial charge in [0, 0.05) is 37.8 Å². The molecule has 0 radical (unpaired) electrons. The number of rotatable bonds is 3. The van der Waals surface area contributed by atoms with Crippen molar-refractivity contribution in [1.82, 2.24) is 15.0 Å². The lowest BCUT2D eigenvalue weighted by Gasteiger charge is -2.43. The summed E-state index contributed by atoms with van der Waals surface area (Å²) >= 11 is 0. The molecule has 0 saturated carbocycles. The van der Waals surface area contributed by atoms with Gasteiger partial charge in [-0.25, -0.2) is 0 Å². The van der Waals surface area contributed by atoms with Gasteiger partial charge in [0.15, 0.2) is 0 Å². The van der Waals surface area contributed by atoms with Crippen molar-refractivity contribution in [2.45, 2.75) is 44.8 Å². The summed E-state index contributed by atoms with van der Waals surface area (Å²) in [5.74, 6) is 0. The van der Waals surface area contributed by atoms with Crippen LogP contribution in [0.1, 0.15) is 31.9 Å². The molecule has 2 fully saturated rings. The fourth-order valence-electron chi connectivity index (χ4n) is 3.26. The van der Waals surface area contributed by atoms with E-state index in [0.29, 0.717) is 6.04 Å². The zero-order valence-electron chi connectivity index (χ0n) is 10.5. The average Bonchev–Trinajstić information content (AvgIpc) is 2.98. The van der Waals surface area contributed by atoms with Crippen molar-refractivity contribution in [2.75, 3.05) is 19.6 Å². The monoisotopic (exact) mass is 235 g/mol. The topological polar surface area (TPSA) is 32.5 Å². The van der Waals surface area contributed by atoms with E-state index in [2.05, 4.69) is 21.9 Å². The van der Waals surface area contributed by atoms with Crippen LogP contribution >= 0.6 is 0 Å². The van der Waals surface area contributed by atoms with Crippen LogP contribution in [0, 0.1) is 0 Å². The summed E-state index contributed by atoms with van der Waals surface area (Å²) in [6, 6.07) is 3.44. The molecule has 4 heteroatoms. The molecule has 2 unspecified atom stereocenters. The fraction of sp³-hybridized carbons (Fsp3) is 0.769. The highest BCUT2D eigenvalue weighted by atomic mass is 16.5. The summed E-state index contributed by atoms with van der Waals surface area (Å²) in [6.45, 7) is 6.97. The first-order valence-electron chi connectivity index (χ1n) is 6.74. The van der Waals surface area contributed by atoms with E-state index in [1.807, 2.05) is 6.07 Å². The lowest BCUT2D eigenvalue weighted by atomic mass is 10.0. The first kappa shape index (κ1) is 11.2. The molecule has 2 saturated heterocycles. The third-order valence-electron chi connectivity index (χ3n) is 4.23. The molecule has 0 N–H and O–H groups in total. The minimum Gasteiger partial charge on any atom is -0.364 e. The molecule has 3 heterocycles. The third-order valence-corrected chi connectivity index (χ3v) is 4.23. The van der Waals surface area contributed by atoms with E-state index in [1.165, 1.54) is 38.9 Å². The van der Waals surface area contributed by atoms with E-state index in [4.69, 9.17) is 4.52 Å². The number of nitrogens with zero attached hydrogens (tertiary/aromatic N) is 3. The summed E-state index contributed by atoms with van der Waals surface area (Å²) in [5, 5.41) is 4.03. The Labute approximate surface area is 103 Å². The number of hydrogen-bond donors (Lipinski definition) is 0. The first-order valence-corrected chi connectivity index (χ1v) is 6.74. The zero-order valence-corrected chi connectivity index (χ0v) is 10.5. The number of aromatic nitrogens is 1. The van der Waals surface area contributed by atoms with Gasteiger partial charge in [0.25, 0.3) is 0 Å². The zero-order chi connectivity index (χ0) is 11.7. The number of piperazine rings is 1. The van der Waals surface area contributed by atoms with E-state index < -0.39 is 0 Å². The van der Waals surface area contributed by atoms with E-state index in [-0.39, 0.29) is 0 Å². The molecule has 0 aliphatic carbocycles. The third kappa shape index (κ3) is 2.24. The highest BCUT2D eigenvalue weighted by molar-refractivity contribution is 4.99. The Balaban J connectivity index is 1.69. The Morgan fingerprint density at radius 1 is 1.47 bits per heavy atom. The van der Waals surface area contributed by atoms with Crippen LogP contribution < -0.4 is 0 Å². The molecule has 0 spiro atoms. The van der Waals surface area contributed by atoms with Crippen molar-refractivity contribution < 1.29 is 4.52 Å². The number of fused-ring (bicyclic) bond motifs is 1. The lowest BCUT2D eigenvalue weighted by Crippen LogP contribution is -2.55. The standard InChI is InChI=1S/C13H21N3O/c1-2-12-9-15-6-3-4-13(15)10-16(12)8-11-5-7-17-14-11/h5,7,12-13H,2-4,6,8-10H2,1H3. The summed E-state index contributed by atoms with van der Waals surface area (Å²) in [4.78, 5) is 5.26. The molecule has 2 aliphatic rings. The molecular weight excluding hydrogens is 214 g/mol. The van der Waals surface area contributed by atoms with Crippen LogP contribution in [0.15, 0.2) is 16.9 Å². The lowest BCUT2D eigenvalue weighted by molar-refractivity contribution is 0.0422. The Hall–Kier alpha value is -0.870. The maximum atomic E-state index is 4.92. The highest BCUT2D eigenvalue weighted by Gasteiger charge is 2.35. The van der Waals surface area contributed by atoms with Gasteiger partial charge in [-0.1, -0.05) is 12.1 Å². The minimum absolute atomic E-state index is 0.682. The molecule has 94 valence electrons. The molecule has 1 aromatic rings. The molecule has 0 amide bonds. The summed E-state index contributed by atoms with van der Waals surface area (Å²) < 4.78 is 4.92. The predicted octanol–water partition coefficient (Wildman–Crippen LogP) is 1.73. The molecular formula is C13H21N3O. The molecule has 2 atom stereocenters. The first-order chi connectivity index (χ1) is 8.36. The number of hydrogen-bond acceptors (Lipinski definition) is 4. The van der Waals surface area contributed by atoms with Gasteiger partial charge in [-0.3, -0.25) is 9.80 Å². The largest absolute Gasteiger partial charge is 0.364 e. The highest BCUT2D eigenvalue weighted by Crippen LogP contribution is 2.26. The maximum absolute atomic E-state index is 4.92. The van der Waals surface area contributed by atoms with Crippen LogP contribution in [-0.2, 0) is 6.54 Å². The quantitative estimate of drug-likeness (QED) is 0.799. The predicted molar refractivity (Wildman–Crippen MR) is 65.6 cm³/mol. The maximum Gasteiger partial charge on any atom is 0.124 e. The summed E-state index contributed by atoms with van der Waals surface area (Å²) in [5.41, 5.74) is 1.06. The average molecular weight is 235 g/mol. The van der Waals surface area contributed by atoms with Crippen molar-refractivity contribution in [2.24, 2.45) is 0 Å². The molecule has 2 aliphatic heterocycles. The van der Waals surface area contributed by atoms with E-state index >= 15 is 0 Å². The van der Waals surface area contributed by atoms with Crippen molar-refractivity contribution >= 4 is 0 Å². The van der Waals surface area contributed by atoms with Gasteiger partial charge >= 0.3 is 0 Å². The Morgan fingerprint density at radius 3 is 3.18 bits per heavy atom. The molecule has 3 rings (SSSR count). The molecule has 4 nitrogen and oxygen atoms in total. The van der Waals surface area contributed by atoms with E-state index in [1.54, 1.807) is 6.26 Å². The van der Waals surface area contributed by atoms with Crippen molar-refractivity contribution in [1.29, 1.82) is 0 Å². The van der Waals surface area contributed by atoms with Gasteiger partial charge in [0.2, 0.25) is 0 Å². The summed E-state index contributed by atoms with van der Waals surface area (Å²) in [6.07, 6.45) is 5.63. The van der Waals surface area contributed by atoms with E-state index in [0.717, 1.165) is 18.3 Å². The van der Waals surface area contributed by atoms with Crippen LogP contribution in [-0.4, -0.2) is 46.7 Å². The van der Waals surface area contributed by atoms with Gasteiger partial charge in [-0.05, 0) is 25.8 Å². The van der Waals surface area contributed by atoms with Crippen molar-refractivity contribution in [3.8, 4) is 0 Å². The second-order valence-corrected chi connectivity index (χ2v) is 5.27. The smallest absolute Gasteiger partial charge is 0.124 e. The van der Waals surface area contributed by atoms with Crippen LogP contribution in [0.2, 0.25) is 0 Å². The Kier molecular flexibility index (Phi) is 3.16. The Bertz CT molecular complexity index is 352. The van der Waals surface area contributed by atoms with Gasteiger partial charge in [0.05, 0.1) is 5.69 Å². The Morgan fingerprint density at radius 2 is 2.41 bits per heavy atom. The van der Waals surface area contributed by atoms with Crippen LogP contribution in [0.3, 0.4) is 0 Å². The van der Waals surface area contributed by atoms with Crippen LogP contribution in [0.4, 0.5) is 0 Å². The molecule has 0 aromatic carbocycles. The molecule has 1 aromatic heterocycles. The SMILES string of the molecule is CCC1CN2CCCC2CN1Cc1ccon1.